The van der Waals surface area contributed by atoms with Crippen LogP contribution in [0.15, 0.2) is 0 Å². The van der Waals surface area contributed by atoms with Gasteiger partial charge in [0.05, 0.1) is 6.42 Å². The molecule has 0 bridgehead atoms. The molecule has 0 aromatic heterocycles. The highest BCUT2D eigenvalue weighted by molar-refractivity contribution is 5.77. The molecule has 5 nitrogen and oxygen atoms in total. The molecule has 0 aliphatic carbocycles. The van der Waals surface area contributed by atoms with Crippen molar-refractivity contribution in [1.82, 2.24) is 10.2 Å². The summed E-state index contributed by atoms with van der Waals surface area (Å²) in [5, 5.41) is 11.8. The van der Waals surface area contributed by atoms with Crippen LogP contribution in [0, 0.1) is 5.92 Å². The van der Waals surface area contributed by atoms with Crippen LogP contribution in [0.2, 0.25) is 0 Å². The van der Waals surface area contributed by atoms with Gasteiger partial charge < -0.3 is 15.3 Å². The number of hydrogen-bond donors (Lipinski definition) is 2. The van der Waals surface area contributed by atoms with Gasteiger partial charge in [0.2, 0.25) is 5.91 Å². The Morgan fingerprint density at radius 2 is 2.25 bits per heavy atom. The zero-order chi connectivity index (χ0) is 12.0. The van der Waals surface area contributed by atoms with Crippen LogP contribution in [0.5, 0.6) is 0 Å². The smallest absolute Gasteiger partial charge is 0.305 e. The maximum absolute atomic E-state index is 11.8. The lowest BCUT2D eigenvalue weighted by molar-refractivity contribution is -0.138. The molecule has 1 aliphatic rings. The van der Waals surface area contributed by atoms with E-state index in [2.05, 4.69) is 5.32 Å². The fourth-order valence-corrected chi connectivity index (χ4v) is 1.95. The molecule has 16 heavy (non-hydrogen) atoms. The molecule has 0 aromatic carbocycles. The normalized spacial score (nSPS) is 19.7. The van der Waals surface area contributed by atoms with Crippen molar-refractivity contribution in [2.75, 3.05) is 26.2 Å². The van der Waals surface area contributed by atoms with Gasteiger partial charge in [-0.15, -0.1) is 0 Å². The minimum absolute atomic E-state index is 0.0303. The van der Waals surface area contributed by atoms with Crippen molar-refractivity contribution in [3.05, 3.63) is 0 Å². The van der Waals surface area contributed by atoms with Crippen LogP contribution in [-0.4, -0.2) is 48.1 Å². The average molecular weight is 228 g/mol. The van der Waals surface area contributed by atoms with Gasteiger partial charge in [0.25, 0.3) is 0 Å². The second-order valence-electron chi connectivity index (χ2n) is 4.18. The molecule has 0 aromatic rings. The molecule has 1 fully saturated rings. The summed E-state index contributed by atoms with van der Waals surface area (Å²) in [6.45, 7) is 4.69. The lowest BCUT2D eigenvalue weighted by Gasteiger charge is -2.21. The van der Waals surface area contributed by atoms with Crippen molar-refractivity contribution >= 4 is 11.9 Å². The zero-order valence-corrected chi connectivity index (χ0v) is 9.74. The van der Waals surface area contributed by atoms with Crippen molar-refractivity contribution < 1.29 is 14.7 Å². The SMILES string of the molecule is CCN(CCC(=O)O)C(=O)CC1CCNC1. The van der Waals surface area contributed by atoms with Crippen LogP contribution >= 0.6 is 0 Å². The Balaban J connectivity index is 2.32. The van der Waals surface area contributed by atoms with E-state index in [1.54, 1.807) is 4.90 Å². The summed E-state index contributed by atoms with van der Waals surface area (Å²) in [5.41, 5.74) is 0. The van der Waals surface area contributed by atoms with Crippen molar-refractivity contribution in [2.24, 2.45) is 5.92 Å². The Morgan fingerprint density at radius 1 is 1.50 bits per heavy atom. The van der Waals surface area contributed by atoms with Crippen molar-refractivity contribution in [3.8, 4) is 0 Å². The Hall–Kier alpha value is -1.10. The highest BCUT2D eigenvalue weighted by atomic mass is 16.4. The van der Waals surface area contributed by atoms with E-state index in [-0.39, 0.29) is 12.3 Å². The number of nitrogens with one attached hydrogen (secondary N) is 1. The predicted octanol–water partition coefficient (Wildman–Crippen LogP) is 0.309. The van der Waals surface area contributed by atoms with Gasteiger partial charge in [-0.2, -0.15) is 0 Å². The lowest BCUT2D eigenvalue weighted by atomic mass is 10.0. The number of amides is 1. The standard InChI is InChI=1S/C11H20N2O3/c1-2-13(6-4-11(15)16)10(14)7-9-3-5-12-8-9/h9,12H,2-8H2,1H3,(H,15,16). The number of hydrogen-bond acceptors (Lipinski definition) is 3. The summed E-state index contributed by atoms with van der Waals surface area (Å²) < 4.78 is 0. The Labute approximate surface area is 95.8 Å². The summed E-state index contributed by atoms with van der Waals surface area (Å²) in [6.07, 6.45) is 1.62. The monoisotopic (exact) mass is 228 g/mol. The number of aliphatic carboxylic acids is 1. The molecule has 0 radical (unpaired) electrons. The van der Waals surface area contributed by atoms with Gasteiger partial charge in [-0.1, -0.05) is 0 Å². The predicted molar refractivity (Wildman–Crippen MR) is 60.1 cm³/mol. The van der Waals surface area contributed by atoms with Crippen molar-refractivity contribution in [3.63, 3.8) is 0 Å². The van der Waals surface area contributed by atoms with E-state index >= 15 is 0 Å². The molecular formula is C11H20N2O3. The van der Waals surface area contributed by atoms with E-state index in [0.29, 0.717) is 25.4 Å². The van der Waals surface area contributed by atoms with Crippen LogP contribution in [0.25, 0.3) is 0 Å². The highest BCUT2D eigenvalue weighted by Gasteiger charge is 2.21. The molecule has 1 amide bonds. The third-order valence-corrected chi connectivity index (χ3v) is 2.96. The van der Waals surface area contributed by atoms with Crippen LogP contribution < -0.4 is 5.32 Å². The lowest BCUT2D eigenvalue weighted by Crippen LogP contribution is -2.34. The summed E-state index contributed by atoms with van der Waals surface area (Å²) in [5.74, 6) is -0.349. The fourth-order valence-electron chi connectivity index (χ4n) is 1.95. The molecule has 1 rings (SSSR count). The first-order valence-corrected chi connectivity index (χ1v) is 5.83. The van der Waals surface area contributed by atoms with Gasteiger partial charge in [-0.25, -0.2) is 0 Å². The Kier molecular flexibility index (Phi) is 5.25. The first-order chi connectivity index (χ1) is 7.63. The second kappa shape index (κ2) is 6.48. The average Bonchev–Trinajstić information content (AvgIpc) is 2.71. The molecule has 5 heteroatoms. The molecule has 0 saturated carbocycles. The quantitative estimate of drug-likeness (QED) is 0.686. The van der Waals surface area contributed by atoms with Crippen LogP contribution in [0.3, 0.4) is 0 Å². The fraction of sp³-hybridized carbons (Fsp3) is 0.818. The van der Waals surface area contributed by atoms with Crippen LogP contribution in [0.1, 0.15) is 26.2 Å². The van der Waals surface area contributed by atoms with Gasteiger partial charge in [-0.05, 0) is 32.4 Å². The molecule has 1 heterocycles. The van der Waals surface area contributed by atoms with Gasteiger partial charge in [0.1, 0.15) is 0 Å². The number of carboxylic acid groups (broad SMARTS) is 1. The number of carbonyl (C=O) groups excluding carboxylic acids is 1. The molecule has 0 spiro atoms. The second-order valence-corrected chi connectivity index (χ2v) is 4.18. The topological polar surface area (TPSA) is 69.6 Å². The largest absolute Gasteiger partial charge is 0.481 e. The first-order valence-electron chi connectivity index (χ1n) is 5.83. The molecule has 1 atom stereocenters. The first kappa shape index (κ1) is 13.0. The van der Waals surface area contributed by atoms with Gasteiger partial charge >= 0.3 is 5.97 Å². The zero-order valence-electron chi connectivity index (χ0n) is 9.74. The van der Waals surface area contributed by atoms with E-state index in [1.165, 1.54) is 0 Å². The van der Waals surface area contributed by atoms with Crippen LogP contribution in [0.4, 0.5) is 0 Å². The van der Waals surface area contributed by atoms with E-state index in [4.69, 9.17) is 5.11 Å². The minimum Gasteiger partial charge on any atom is -0.481 e. The summed E-state index contributed by atoms with van der Waals surface area (Å²) in [4.78, 5) is 23.9. The number of carboxylic acids is 1. The van der Waals surface area contributed by atoms with Crippen molar-refractivity contribution in [1.29, 1.82) is 0 Å². The molecule has 1 saturated heterocycles. The molecular weight excluding hydrogens is 208 g/mol. The number of nitrogens with zero attached hydrogens (tertiary/aromatic N) is 1. The van der Waals surface area contributed by atoms with Crippen LogP contribution in [-0.2, 0) is 9.59 Å². The summed E-state index contributed by atoms with van der Waals surface area (Å²) in [7, 11) is 0. The molecule has 2 N–H and O–H groups in total. The summed E-state index contributed by atoms with van der Waals surface area (Å²) >= 11 is 0. The Morgan fingerprint density at radius 3 is 2.75 bits per heavy atom. The minimum atomic E-state index is -0.853. The van der Waals surface area contributed by atoms with E-state index in [1.807, 2.05) is 6.92 Å². The van der Waals surface area contributed by atoms with E-state index in [0.717, 1.165) is 19.5 Å². The Bertz CT molecular complexity index is 250. The maximum Gasteiger partial charge on any atom is 0.305 e. The van der Waals surface area contributed by atoms with Gasteiger partial charge in [-0.3, -0.25) is 9.59 Å². The van der Waals surface area contributed by atoms with E-state index < -0.39 is 5.97 Å². The molecule has 1 aliphatic heterocycles. The highest BCUT2D eigenvalue weighted by Crippen LogP contribution is 2.13. The third-order valence-electron chi connectivity index (χ3n) is 2.96. The van der Waals surface area contributed by atoms with E-state index in [9.17, 15) is 9.59 Å². The number of carbonyl (C=O) groups is 2. The van der Waals surface area contributed by atoms with Gasteiger partial charge in [0.15, 0.2) is 0 Å². The number of rotatable bonds is 6. The van der Waals surface area contributed by atoms with Gasteiger partial charge in [0, 0.05) is 19.5 Å². The summed E-state index contributed by atoms with van der Waals surface area (Å²) in [6, 6.07) is 0. The molecule has 92 valence electrons. The molecule has 1 unspecified atom stereocenters. The maximum atomic E-state index is 11.8. The third kappa shape index (κ3) is 4.18. The van der Waals surface area contributed by atoms with Crippen molar-refractivity contribution in [2.45, 2.75) is 26.2 Å².